The van der Waals surface area contributed by atoms with Gasteiger partial charge in [-0.15, -0.1) is 0 Å². The highest BCUT2D eigenvalue weighted by molar-refractivity contribution is 6.84. The molecule has 1 nitrogen and oxygen atoms in total. The van der Waals surface area contributed by atoms with Crippen molar-refractivity contribution in [3.05, 3.63) is 64.8 Å². The second kappa shape index (κ2) is 5.10. The zero-order chi connectivity index (χ0) is 16.1. The molecule has 0 radical (unpaired) electrons. The number of para-hydroxylation sites is 1. The van der Waals surface area contributed by atoms with Crippen molar-refractivity contribution in [2.24, 2.45) is 5.92 Å². The summed E-state index contributed by atoms with van der Waals surface area (Å²) >= 11 is 0. The van der Waals surface area contributed by atoms with Gasteiger partial charge >= 0.3 is 0 Å². The highest BCUT2D eigenvalue weighted by atomic mass is 28.3. The zero-order valence-corrected chi connectivity index (χ0v) is 16.6. The van der Waals surface area contributed by atoms with E-state index in [0.717, 1.165) is 0 Å². The molecule has 1 aliphatic carbocycles. The van der Waals surface area contributed by atoms with Crippen LogP contribution in [0.1, 0.15) is 0 Å². The van der Waals surface area contributed by atoms with Crippen LogP contribution >= 0.6 is 0 Å². The lowest BCUT2D eigenvalue weighted by Gasteiger charge is -2.31. The third-order valence-electron chi connectivity index (χ3n) is 4.49. The van der Waals surface area contributed by atoms with Crippen LogP contribution in [0.4, 0.5) is 5.69 Å². The van der Waals surface area contributed by atoms with Crippen molar-refractivity contribution in [3.8, 4) is 0 Å². The van der Waals surface area contributed by atoms with Crippen molar-refractivity contribution in [2.45, 2.75) is 39.3 Å². The topological polar surface area (TPSA) is 3.24 Å². The molecule has 1 aliphatic heterocycles. The van der Waals surface area contributed by atoms with Crippen molar-refractivity contribution in [2.75, 3.05) is 4.90 Å². The number of fused-ring (bicyclic) bond motifs is 1. The monoisotopic (exact) mass is 325 g/mol. The molecule has 2 aliphatic rings. The predicted octanol–water partition coefficient (Wildman–Crippen LogP) is 5.59. The first kappa shape index (κ1) is 15.6. The summed E-state index contributed by atoms with van der Waals surface area (Å²) in [6.07, 6.45) is 7.52. The molecule has 0 amide bonds. The standard InChI is InChI=1S/C19H27NSi2/c1-21(2,3)17-12-15-13-19(22(4,5)6)20(18(15)14-17)16-10-8-7-9-11-16/h7-15H,1-6H3. The molecule has 22 heavy (non-hydrogen) atoms. The molecule has 1 aromatic rings. The van der Waals surface area contributed by atoms with E-state index in [2.05, 4.69) is 92.7 Å². The van der Waals surface area contributed by atoms with Gasteiger partial charge in [0.25, 0.3) is 0 Å². The van der Waals surface area contributed by atoms with E-state index >= 15 is 0 Å². The fraction of sp³-hybridized carbons (Fsp3) is 0.368. The Morgan fingerprint density at radius 1 is 0.818 bits per heavy atom. The van der Waals surface area contributed by atoms with Gasteiger partial charge in [-0.1, -0.05) is 74.8 Å². The van der Waals surface area contributed by atoms with Crippen molar-refractivity contribution in [3.63, 3.8) is 0 Å². The number of allylic oxidation sites excluding steroid dienone is 3. The minimum atomic E-state index is -1.38. The van der Waals surface area contributed by atoms with Gasteiger partial charge in [0, 0.05) is 22.6 Å². The average Bonchev–Trinajstić information content (AvgIpc) is 2.95. The van der Waals surface area contributed by atoms with E-state index in [1.54, 1.807) is 10.5 Å². The highest BCUT2D eigenvalue weighted by Gasteiger charge is 2.39. The lowest BCUT2D eigenvalue weighted by molar-refractivity contribution is 0.992. The second-order valence-electron chi connectivity index (χ2n) is 8.44. The molecule has 0 fully saturated rings. The molecule has 1 aromatic carbocycles. The molecule has 1 unspecified atom stereocenters. The Hall–Kier alpha value is -1.33. The van der Waals surface area contributed by atoms with Gasteiger partial charge in [-0.2, -0.15) is 0 Å². The van der Waals surface area contributed by atoms with Crippen LogP contribution in [0.15, 0.2) is 64.8 Å². The average molecular weight is 326 g/mol. The number of anilines is 1. The van der Waals surface area contributed by atoms with Gasteiger partial charge in [-0.05, 0) is 18.2 Å². The smallest absolute Gasteiger partial charge is 0.0986 e. The molecule has 3 rings (SSSR count). The van der Waals surface area contributed by atoms with Crippen LogP contribution in [-0.4, -0.2) is 16.1 Å². The number of hydrogen-bond donors (Lipinski definition) is 0. The van der Waals surface area contributed by atoms with Crippen LogP contribution in [0.2, 0.25) is 39.3 Å². The summed E-state index contributed by atoms with van der Waals surface area (Å²) in [4.78, 5) is 2.54. The number of rotatable bonds is 3. The normalized spacial score (nSPS) is 21.5. The minimum absolute atomic E-state index is 0.489. The summed E-state index contributed by atoms with van der Waals surface area (Å²) in [5, 5.41) is 3.15. The van der Waals surface area contributed by atoms with Gasteiger partial charge in [0.2, 0.25) is 0 Å². The fourth-order valence-corrected chi connectivity index (χ4v) is 6.10. The second-order valence-corrected chi connectivity index (χ2v) is 18.5. The number of hydrogen-bond acceptors (Lipinski definition) is 1. The minimum Gasteiger partial charge on any atom is -0.321 e. The highest BCUT2D eigenvalue weighted by Crippen LogP contribution is 2.44. The lowest BCUT2D eigenvalue weighted by atomic mass is 10.1. The third kappa shape index (κ3) is 2.68. The maximum Gasteiger partial charge on any atom is 0.0986 e. The molecule has 3 heteroatoms. The van der Waals surface area contributed by atoms with Crippen LogP contribution in [0.5, 0.6) is 0 Å². The summed E-state index contributed by atoms with van der Waals surface area (Å²) in [6.45, 7) is 14.6. The number of nitrogens with zero attached hydrogens (tertiary/aromatic N) is 1. The maximum absolute atomic E-state index is 2.54. The summed E-state index contributed by atoms with van der Waals surface area (Å²) in [5.41, 5.74) is 2.79. The van der Waals surface area contributed by atoms with Crippen LogP contribution in [0, 0.1) is 5.92 Å². The molecule has 0 saturated heterocycles. The fourth-order valence-electron chi connectivity index (χ4n) is 3.23. The van der Waals surface area contributed by atoms with Gasteiger partial charge in [0.1, 0.15) is 0 Å². The zero-order valence-electron chi connectivity index (χ0n) is 14.6. The molecule has 1 atom stereocenters. The number of benzene rings is 1. The molecule has 0 aromatic heterocycles. The van der Waals surface area contributed by atoms with Crippen molar-refractivity contribution in [1.82, 2.24) is 0 Å². The molecule has 116 valence electrons. The molecule has 0 N–H and O–H groups in total. The van der Waals surface area contributed by atoms with Crippen LogP contribution in [-0.2, 0) is 0 Å². The summed E-state index contributed by atoms with van der Waals surface area (Å²) in [6, 6.07) is 10.9. The molecular weight excluding hydrogens is 298 g/mol. The van der Waals surface area contributed by atoms with E-state index in [9.17, 15) is 0 Å². The van der Waals surface area contributed by atoms with Crippen molar-refractivity contribution >= 4 is 21.8 Å². The Morgan fingerprint density at radius 3 is 2.00 bits per heavy atom. The SMILES string of the molecule is C[Si](C)(C)C1=CC2C=C([Si](C)(C)C)N(c3ccccc3)C2=C1. The Morgan fingerprint density at radius 2 is 1.45 bits per heavy atom. The van der Waals surface area contributed by atoms with Crippen LogP contribution < -0.4 is 4.90 Å². The first-order chi connectivity index (χ1) is 10.2. The van der Waals surface area contributed by atoms with E-state index in [0.29, 0.717) is 5.92 Å². The largest absolute Gasteiger partial charge is 0.321 e. The first-order valence-electron chi connectivity index (χ1n) is 8.19. The summed E-state index contributed by atoms with van der Waals surface area (Å²) in [5.74, 6) is 0.489. The van der Waals surface area contributed by atoms with Crippen LogP contribution in [0.3, 0.4) is 0 Å². The van der Waals surface area contributed by atoms with Crippen LogP contribution in [0.25, 0.3) is 0 Å². The molecular formula is C19H27NSi2. The van der Waals surface area contributed by atoms with Gasteiger partial charge < -0.3 is 4.90 Å². The predicted molar refractivity (Wildman–Crippen MR) is 103 cm³/mol. The van der Waals surface area contributed by atoms with E-state index < -0.39 is 16.1 Å². The quantitative estimate of drug-likeness (QED) is 0.655. The molecule has 0 bridgehead atoms. The van der Waals surface area contributed by atoms with Crippen molar-refractivity contribution < 1.29 is 0 Å². The van der Waals surface area contributed by atoms with Gasteiger partial charge in [-0.3, -0.25) is 0 Å². The Bertz CT molecular complexity index is 670. The van der Waals surface area contributed by atoms with E-state index in [1.165, 1.54) is 11.4 Å². The Labute approximate surface area is 137 Å². The molecule has 0 spiro atoms. The molecule has 1 heterocycles. The molecule has 0 saturated carbocycles. The Balaban J connectivity index is 2.09. The first-order valence-corrected chi connectivity index (χ1v) is 15.2. The van der Waals surface area contributed by atoms with E-state index in [-0.39, 0.29) is 0 Å². The maximum atomic E-state index is 2.54. The Kier molecular flexibility index (Phi) is 3.61. The van der Waals surface area contributed by atoms with Gasteiger partial charge in [0.15, 0.2) is 0 Å². The van der Waals surface area contributed by atoms with Crippen molar-refractivity contribution in [1.29, 1.82) is 0 Å². The van der Waals surface area contributed by atoms with Gasteiger partial charge in [-0.25, -0.2) is 0 Å². The lowest BCUT2D eigenvalue weighted by Crippen LogP contribution is -2.34. The summed E-state index contributed by atoms with van der Waals surface area (Å²) in [7, 11) is -2.62. The van der Waals surface area contributed by atoms with E-state index in [4.69, 9.17) is 0 Å². The van der Waals surface area contributed by atoms with E-state index in [1.807, 2.05) is 0 Å². The summed E-state index contributed by atoms with van der Waals surface area (Å²) < 4.78 is 0. The van der Waals surface area contributed by atoms with Gasteiger partial charge in [0.05, 0.1) is 16.1 Å². The third-order valence-corrected chi connectivity index (χ3v) is 8.46.